The summed E-state index contributed by atoms with van der Waals surface area (Å²) in [6.45, 7) is 6.22. The number of anilines is 2. The number of nitrogens with zero attached hydrogens (tertiary/aromatic N) is 6. The third-order valence-electron chi connectivity index (χ3n) is 5.72. The lowest BCUT2D eigenvalue weighted by molar-refractivity contribution is -0.133. The van der Waals surface area contributed by atoms with Crippen molar-refractivity contribution in [2.24, 2.45) is 0 Å². The Bertz CT molecular complexity index is 909. The van der Waals surface area contributed by atoms with E-state index in [1.54, 1.807) is 24.2 Å². The van der Waals surface area contributed by atoms with Crippen molar-refractivity contribution in [3.63, 3.8) is 0 Å². The van der Waals surface area contributed by atoms with Gasteiger partial charge in [0.15, 0.2) is 0 Å². The van der Waals surface area contributed by atoms with E-state index >= 15 is 0 Å². The minimum atomic E-state index is 0.0125. The molecule has 30 heavy (non-hydrogen) atoms. The van der Waals surface area contributed by atoms with Crippen LogP contribution in [0.3, 0.4) is 0 Å². The zero-order valence-electron chi connectivity index (χ0n) is 17.5. The van der Waals surface area contributed by atoms with E-state index in [1.807, 2.05) is 14.0 Å². The minimum Gasteiger partial charge on any atom is -0.474 e. The number of amides is 1. The summed E-state index contributed by atoms with van der Waals surface area (Å²) in [4.78, 5) is 33.1. The van der Waals surface area contributed by atoms with Crippen molar-refractivity contribution in [2.45, 2.75) is 38.8 Å². The highest BCUT2D eigenvalue weighted by atomic mass is 16.5. The summed E-state index contributed by atoms with van der Waals surface area (Å²) in [5.74, 6) is 1.43. The van der Waals surface area contributed by atoms with Gasteiger partial charge in [-0.3, -0.25) is 4.79 Å². The second kappa shape index (κ2) is 8.39. The van der Waals surface area contributed by atoms with Crippen LogP contribution in [0.1, 0.15) is 25.3 Å². The minimum absolute atomic E-state index is 0.0125. The number of carbonyl (C=O) groups is 1. The van der Waals surface area contributed by atoms with Crippen molar-refractivity contribution in [2.75, 3.05) is 44.0 Å². The van der Waals surface area contributed by atoms with Gasteiger partial charge in [0.2, 0.25) is 23.7 Å². The molecule has 1 saturated carbocycles. The van der Waals surface area contributed by atoms with Crippen molar-refractivity contribution >= 4 is 17.8 Å². The van der Waals surface area contributed by atoms with Gasteiger partial charge in [0.1, 0.15) is 6.10 Å². The molecule has 10 nitrogen and oxygen atoms in total. The average Bonchev–Trinajstić information content (AvgIpc) is 2.72. The first-order valence-electron chi connectivity index (χ1n) is 10.1. The highest BCUT2D eigenvalue weighted by molar-refractivity contribution is 5.73. The van der Waals surface area contributed by atoms with E-state index in [9.17, 15) is 4.79 Å². The predicted octanol–water partition coefficient (Wildman–Crippen LogP) is 1.05. The summed E-state index contributed by atoms with van der Waals surface area (Å²) >= 11 is 0. The Kier molecular flexibility index (Phi) is 5.67. The standard InChI is InChI=1S/C20H27N7O3/c1-12-17(14-10-22-19(21)23-11-14)24-20(27-4-6-29-7-5-27)25-18(12)30-16-8-15(9-16)26(3)13(2)28/h10-11,15-16H,4-9H2,1-3H3,(H2,21,22,23). The fourth-order valence-electron chi connectivity index (χ4n) is 3.61. The molecule has 160 valence electrons. The lowest BCUT2D eigenvalue weighted by Gasteiger charge is -2.40. The van der Waals surface area contributed by atoms with Crippen LogP contribution in [0.2, 0.25) is 0 Å². The molecule has 2 aliphatic rings. The van der Waals surface area contributed by atoms with E-state index in [4.69, 9.17) is 25.2 Å². The van der Waals surface area contributed by atoms with Gasteiger partial charge >= 0.3 is 0 Å². The molecule has 1 amide bonds. The monoisotopic (exact) mass is 413 g/mol. The fourth-order valence-corrected chi connectivity index (χ4v) is 3.61. The van der Waals surface area contributed by atoms with E-state index in [2.05, 4.69) is 14.9 Å². The van der Waals surface area contributed by atoms with Crippen molar-refractivity contribution in [1.29, 1.82) is 0 Å². The zero-order valence-corrected chi connectivity index (χ0v) is 17.5. The first-order chi connectivity index (χ1) is 14.4. The molecule has 0 aromatic carbocycles. The third kappa shape index (κ3) is 4.13. The molecule has 1 aliphatic carbocycles. The molecule has 2 aromatic rings. The summed E-state index contributed by atoms with van der Waals surface area (Å²) in [7, 11) is 1.83. The Morgan fingerprint density at radius 1 is 1.23 bits per heavy atom. The van der Waals surface area contributed by atoms with E-state index in [0.29, 0.717) is 25.0 Å². The van der Waals surface area contributed by atoms with Crippen LogP contribution in [0.4, 0.5) is 11.9 Å². The molecule has 0 bridgehead atoms. The van der Waals surface area contributed by atoms with Gasteiger partial charge in [-0.25, -0.2) is 15.0 Å². The quantitative estimate of drug-likeness (QED) is 0.767. The van der Waals surface area contributed by atoms with Crippen LogP contribution in [0.15, 0.2) is 12.4 Å². The Morgan fingerprint density at radius 2 is 1.90 bits per heavy atom. The van der Waals surface area contributed by atoms with Gasteiger partial charge in [0.25, 0.3) is 0 Å². The maximum absolute atomic E-state index is 11.6. The largest absolute Gasteiger partial charge is 0.474 e. The van der Waals surface area contributed by atoms with Crippen LogP contribution in [0, 0.1) is 6.92 Å². The Labute approximate surface area is 175 Å². The first kappa shape index (κ1) is 20.3. The summed E-state index contributed by atoms with van der Waals surface area (Å²) < 4.78 is 11.7. The van der Waals surface area contributed by atoms with Gasteiger partial charge in [-0.2, -0.15) is 4.98 Å². The number of nitrogen functional groups attached to an aromatic ring is 1. The van der Waals surface area contributed by atoms with Crippen LogP contribution < -0.4 is 15.4 Å². The number of hydrogen-bond donors (Lipinski definition) is 1. The summed E-state index contributed by atoms with van der Waals surface area (Å²) in [6.07, 6.45) is 4.90. The normalized spacial score (nSPS) is 21.1. The van der Waals surface area contributed by atoms with E-state index in [-0.39, 0.29) is 24.0 Å². The lowest BCUT2D eigenvalue weighted by atomic mass is 9.88. The molecule has 2 N–H and O–H groups in total. The number of hydrogen-bond acceptors (Lipinski definition) is 9. The highest BCUT2D eigenvalue weighted by Crippen LogP contribution is 2.34. The molecular weight excluding hydrogens is 386 g/mol. The SMILES string of the molecule is CC(=O)N(C)C1CC(Oc2nc(N3CCOCC3)nc(-c3cnc(N)nc3)c2C)C1. The molecule has 1 saturated heterocycles. The molecule has 0 atom stereocenters. The molecule has 2 aromatic heterocycles. The molecule has 2 fully saturated rings. The van der Waals surface area contributed by atoms with Crippen molar-refractivity contribution in [3.8, 4) is 17.1 Å². The van der Waals surface area contributed by atoms with Gasteiger partial charge in [-0.05, 0) is 6.92 Å². The molecule has 0 radical (unpaired) electrons. The smallest absolute Gasteiger partial charge is 0.229 e. The number of rotatable bonds is 5. The van der Waals surface area contributed by atoms with Crippen LogP contribution in [0.25, 0.3) is 11.3 Å². The Balaban J connectivity index is 1.61. The van der Waals surface area contributed by atoms with Crippen molar-refractivity contribution in [1.82, 2.24) is 24.8 Å². The second-order valence-electron chi connectivity index (χ2n) is 7.73. The van der Waals surface area contributed by atoms with Crippen LogP contribution in [-0.4, -0.2) is 76.2 Å². The van der Waals surface area contributed by atoms with Gasteiger partial charge < -0.3 is 25.0 Å². The molecule has 10 heteroatoms. The predicted molar refractivity (Wildman–Crippen MR) is 111 cm³/mol. The van der Waals surface area contributed by atoms with Gasteiger partial charge in [0, 0.05) is 69.5 Å². The van der Waals surface area contributed by atoms with Crippen LogP contribution >= 0.6 is 0 Å². The molecular formula is C20H27N7O3. The van der Waals surface area contributed by atoms with Gasteiger partial charge in [-0.15, -0.1) is 0 Å². The van der Waals surface area contributed by atoms with E-state index < -0.39 is 0 Å². The number of morpholine rings is 1. The number of nitrogens with two attached hydrogens (primary N) is 1. The van der Waals surface area contributed by atoms with Gasteiger partial charge in [-0.1, -0.05) is 0 Å². The Hall–Kier alpha value is -3.01. The van der Waals surface area contributed by atoms with Gasteiger partial charge in [0.05, 0.1) is 18.9 Å². The Morgan fingerprint density at radius 3 is 2.53 bits per heavy atom. The van der Waals surface area contributed by atoms with Crippen LogP contribution in [-0.2, 0) is 9.53 Å². The molecule has 3 heterocycles. The molecule has 4 rings (SSSR count). The van der Waals surface area contributed by atoms with Crippen LogP contribution in [0.5, 0.6) is 5.88 Å². The summed E-state index contributed by atoms with van der Waals surface area (Å²) in [6, 6.07) is 0.207. The number of carbonyl (C=O) groups excluding carboxylic acids is 1. The van der Waals surface area contributed by atoms with Crippen molar-refractivity contribution in [3.05, 3.63) is 18.0 Å². The summed E-state index contributed by atoms with van der Waals surface area (Å²) in [5, 5.41) is 0. The second-order valence-corrected chi connectivity index (χ2v) is 7.73. The maximum atomic E-state index is 11.6. The zero-order chi connectivity index (χ0) is 21.3. The maximum Gasteiger partial charge on any atom is 0.229 e. The molecule has 1 aliphatic heterocycles. The highest BCUT2D eigenvalue weighted by Gasteiger charge is 2.35. The van der Waals surface area contributed by atoms with E-state index in [0.717, 1.165) is 42.8 Å². The summed E-state index contributed by atoms with van der Waals surface area (Å²) in [5.41, 5.74) is 7.94. The fraction of sp³-hybridized carbons (Fsp3) is 0.550. The first-order valence-corrected chi connectivity index (χ1v) is 10.1. The lowest BCUT2D eigenvalue weighted by Crippen LogP contribution is -2.49. The third-order valence-corrected chi connectivity index (χ3v) is 5.72. The topological polar surface area (TPSA) is 120 Å². The number of aromatic nitrogens is 4. The van der Waals surface area contributed by atoms with E-state index in [1.165, 1.54) is 0 Å². The van der Waals surface area contributed by atoms with Crippen molar-refractivity contribution < 1.29 is 14.3 Å². The average molecular weight is 413 g/mol. The molecule has 0 spiro atoms. The number of ether oxygens (including phenoxy) is 2. The molecule has 0 unspecified atom stereocenters.